The third-order valence-corrected chi connectivity index (χ3v) is 4.39. The average molecular weight is 372 g/mol. The molecule has 0 fully saturated rings. The number of pyridine rings is 1. The van der Waals surface area contributed by atoms with E-state index in [1.54, 1.807) is 24.3 Å². The maximum absolute atomic E-state index is 12.4. The van der Waals surface area contributed by atoms with E-state index in [4.69, 9.17) is 4.74 Å². The van der Waals surface area contributed by atoms with Crippen molar-refractivity contribution in [1.82, 2.24) is 14.6 Å². The van der Waals surface area contributed by atoms with Crippen molar-refractivity contribution in [3.8, 4) is 5.75 Å². The molecule has 0 spiro atoms. The van der Waals surface area contributed by atoms with Crippen LogP contribution in [0, 0.1) is 0 Å². The zero-order valence-corrected chi connectivity index (χ0v) is 15.5. The van der Waals surface area contributed by atoms with Gasteiger partial charge in [-0.1, -0.05) is 18.2 Å². The number of anilines is 1. The molecule has 0 radical (unpaired) electrons. The topological polar surface area (TPSA) is 68.5 Å². The van der Waals surface area contributed by atoms with Crippen LogP contribution >= 0.6 is 0 Å². The Morgan fingerprint density at radius 2 is 1.79 bits per heavy atom. The lowest BCUT2D eigenvalue weighted by Crippen LogP contribution is -2.11. The van der Waals surface area contributed by atoms with Gasteiger partial charge in [-0.15, -0.1) is 10.2 Å². The lowest BCUT2D eigenvalue weighted by atomic mass is 10.1. The Bertz CT molecular complexity index is 1090. The molecule has 1 N–H and O–H groups in total. The van der Waals surface area contributed by atoms with Crippen LogP contribution in [0.3, 0.4) is 0 Å². The first kappa shape index (κ1) is 17.7. The molecule has 1 amide bonds. The van der Waals surface area contributed by atoms with E-state index >= 15 is 0 Å². The van der Waals surface area contributed by atoms with E-state index < -0.39 is 0 Å². The van der Waals surface area contributed by atoms with E-state index in [1.807, 2.05) is 60.0 Å². The van der Waals surface area contributed by atoms with Crippen molar-refractivity contribution in [2.24, 2.45) is 0 Å². The molecule has 0 aliphatic heterocycles. The van der Waals surface area contributed by atoms with E-state index in [2.05, 4.69) is 15.5 Å². The summed E-state index contributed by atoms with van der Waals surface area (Å²) in [5, 5.41) is 11.3. The third kappa shape index (κ3) is 3.86. The van der Waals surface area contributed by atoms with Crippen molar-refractivity contribution in [2.45, 2.75) is 13.3 Å². The molecule has 28 heavy (non-hydrogen) atoms. The zero-order chi connectivity index (χ0) is 19.3. The monoisotopic (exact) mass is 372 g/mol. The van der Waals surface area contributed by atoms with Gasteiger partial charge < -0.3 is 10.1 Å². The quantitative estimate of drug-likeness (QED) is 0.556. The Labute approximate surface area is 162 Å². The number of fused-ring (bicyclic) bond motifs is 1. The average Bonchev–Trinajstić information content (AvgIpc) is 3.13. The normalized spacial score (nSPS) is 10.8. The highest BCUT2D eigenvalue weighted by molar-refractivity contribution is 6.04. The van der Waals surface area contributed by atoms with E-state index in [-0.39, 0.29) is 5.91 Å². The number of nitrogens with one attached hydrogen (secondary N) is 1. The first-order valence-corrected chi connectivity index (χ1v) is 9.15. The third-order valence-electron chi connectivity index (χ3n) is 4.39. The fraction of sp³-hybridized carbons (Fsp3) is 0.136. The number of carbonyl (C=O) groups is 1. The number of ether oxygens (including phenoxy) is 1. The number of carbonyl (C=O) groups excluding carboxylic acids is 1. The molecule has 2 heterocycles. The number of hydrogen-bond donors (Lipinski definition) is 1. The minimum Gasteiger partial charge on any atom is -0.494 e. The van der Waals surface area contributed by atoms with Gasteiger partial charge in [0, 0.05) is 23.9 Å². The molecule has 4 aromatic rings. The standard InChI is InChI=1S/C22H20N4O2/c1-2-28-19-12-8-17(9-13-19)22(27)23-18-10-6-16(7-11-18)15-21-25-24-20-5-3-4-14-26(20)21/h3-14H,2,15H2,1H3,(H,23,27). The number of hydrogen-bond acceptors (Lipinski definition) is 4. The van der Waals surface area contributed by atoms with E-state index in [9.17, 15) is 4.79 Å². The van der Waals surface area contributed by atoms with Gasteiger partial charge in [0.2, 0.25) is 0 Å². The molecule has 4 rings (SSSR count). The molecule has 0 saturated carbocycles. The summed E-state index contributed by atoms with van der Waals surface area (Å²) in [6.45, 7) is 2.53. The molecule has 0 atom stereocenters. The van der Waals surface area contributed by atoms with Crippen LogP contribution < -0.4 is 10.1 Å². The number of benzene rings is 2. The molecule has 2 aromatic carbocycles. The van der Waals surface area contributed by atoms with E-state index in [0.717, 1.165) is 28.5 Å². The maximum atomic E-state index is 12.4. The number of amides is 1. The highest BCUT2D eigenvalue weighted by atomic mass is 16.5. The van der Waals surface area contributed by atoms with E-state index in [0.29, 0.717) is 18.6 Å². The molecule has 2 aromatic heterocycles. The molecular weight excluding hydrogens is 352 g/mol. The second-order valence-corrected chi connectivity index (χ2v) is 6.33. The predicted octanol–water partition coefficient (Wildman–Crippen LogP) is 3.97. The first-order valence-electron chi connectivity index (χ1n) is 9.15. The molecule has 0 aliphatic rings. The second kappa shape index (κ2) is 7.92. The van der Waals surface area contributed by atoms with Crippen molar-refractivity contribution >= 4 is 17.2 Å². The molecule has 0 bridgehead atoms. The van der Waals surface area contributed by atoms with Crippen LogP contribution in [0.5, 0.6) is 5.75 Å². The summed E-state index contributed by atoms with van der Waals surface area (Å²) < 4.78 is 7.37. The van der Waals surface area contributed by atoms with Gasteiger partial charge in [-0.05, 0) is 61.0 Å². The van der Waals surface area contributed by atoms with Crippen molar-refractivity contribution in [3.05, 3.63) is 89.9 Å². The fourth-order valence-electron chi connectivity index (χ4n) is 2.97. The minimum atomic E-state index is -0.153. The Balaban J connectivity index is 1.42. The molecular formula is C22H20N4O2. The summed E-state index contributed by atoms with van der Waals surface area (Å²) in [5.74, 6) is 1.48. The molecule has 0 aliphatic carbocycles. The van der Waals surface area contributed by atoms with E-state index in [1.165, 1.54) is 0 Å². The summed E-state index contributed by atoms with van der Waals surface area (Å²) >= 11 is 0. The van der Waals surface area contributed by atoms with Gasteiger partial charge in [0.25, 0.3) is 5.91 Å². The zero-order valence-electron chi connectivity index (χ0n) is 15.5. The smallest absolute Gasteiger partial charge is 0.255 e. The van der Waals surface area contributed by atoms with Gasteiger partial charge in [0.15, 0.2) is 5.65 Å². The van der Waals surface area contributed by atoms with Gasteiger partial charge in [-0.3, -0.25) is 9.20 Å². The lowest BCUT2D eigenvalue weighted by molar-refractivity contribution is 0.102. The molecule has 0 unspecified atom stereocenters. The molecule has 0 saturated heterocycles. The second-order valence-electron chi connectivity index (χ2n) is 6.33. The summed E-state index contributed by atoms with van der Waals surface area (Å²) in [4.78, 5) is 12.4. The van der Waals surface area contributed by atoms with Crippen LogP contribution in [0.1, 0.15) is 28.7 Å². The largest absolute Gasteiger partial charge is 0.494 e. The van der Waals surface area contributed by atoms with Crippen LogP contribution in [0.15, 0.2) is 72.9 Å². The van der Waals surface area contributed by atoms with Crippen molar-refractivity contribution in [1.29, 1.82) is 0 Å². The Morgan fingerprint density at radius 3 is 2.54 bits per heavy atom. The SMILES string of the molecule is CCOc1ccc(C(=O)Nc2ccc(Cc3nnc4ccccn34)cc2)cc1. The maximum Gasteiger partial charge on any atom is 0.255 e. The lowest BCUT2D eigenvalue weighted by Gasteiger charge is -2.08. The van der Waals surface area contributed by atoms with Crippen LogP contribution in [0.2, 0.25) is 0 Å². The minimum absolute atomic E-state index is 0.153. The van der Waals surface area contributed by atoms with Crippen molar-refractivity contribution in [2.75, 3.05) is 11.9 Å². The highest BCUT2D eigenvalue weighted by Crippen LogP contribution is 2.16. The van der Waals surface area contributed by atoms with Crippen LogP contribution in [0.25, 0.3) is 5.65 Å². The summed E-state index contributed by atoms with van der Waals surface area (Å²) in [6, 6.07) is 20.7. The van der Waals surface area contributed by atoms with Gasteiger partial charge in [0.1, 0.15) is 11.6 Å². The van der Waals surface area contributed by atoms with Crippen molar-refractivity contribution < 1.29 is 9.53 Å². The van der Waals surface area contributed by atoms with Gasteiger partial charge in [-0.2, -0.15) is 0 Å². The van der Waals surface area contributed by atoms with Crippen LogP contribution in [0.4, 0.5) is 5.69 Å². The van der Waals surface area contributed by atoms with Gasteiger partial charge in [0.05, 0.1) is 6.61 Å². The molecule has 6 heteroatoms. The van der Waals surface area contributed by atoms with Gasteiger partial charge in [-0.25, -0.2) is 0 Å². The Kier molecular flexibility index (Phi) is 5.01. The Morgan fingerprint density at radius 1 is 1.00 bits per heavy atom. The number of aromatic nitrogens is 3. The van der Waals surface area contributed by atoms with Gasteiger partial charge >= 0.3 is 0 Å². The Hall–Kier alpha value is -3.67. The summed E-state index contributed by atoms with van der Waals surface area (Å²) in [6.07, 6.45) is 2.62. The van der Waals surface area contributed by atoms with Crippen LogP contribution in [-0.4, -0.2) is 27.1 Å². The van der Waals surface area contributed by atoms with Crippen molar-refractivity contribution in [3.63, 3.8) is 0 Å². The number of rotatable bonds is 6. The molecule has 6 nitrogen and oxygen atoms in total. The first-order chi connectivity index (χ1) is 13.7. The number of nitrogens with zero attached hydrogens (tertiary/aromatic N) is 3. The van der Waals surface area contributed by atoms with Crippen LogP contribution in [-0.2, 0) is 6.42 Å². The summed E-state index contributed by atoms with van der Waals surface area (Å²) in [5.41, 5.74) is 3.25. The summed E-state index contributed by atoms with van der Waals surface area (Å²) in [7, 11) is 0. The fourth-order valence-corrected chi connectivity index (χ4v) is 2.97. The predicted molar refractivity (Wildman–Crippen MR) is 108 cm³/mol. The highest BCUT2D eigenvalue weighted by Gasteiger charge is 2.08. The molecule has 140 valence electrons.